The molecule has 0 aromatic heterocycles. The van der Waals surface area contributed by atoms with Crippen LogP contribution in [-0.2, 0) is 26.7 Å². The first-order valence-electron chi connectivity index (χ1n) is 5.97. The van der Waals surface area contributed by atoms with Gasteiger partial charge < -0.3 is 10.8 Å². The molecule has 0 saturated carbocycles. The topological polar surface area (TPSA) is 155 Å². The van der Waals surface area contributed by atoms with E-state index in [1.54, 1.807) is 12.1 Å². The molecule has 2 aromatic rings. The number of hydrogen-bond donors (Lipinski definition) is 4. The molecule has 120 valence electrons. The second-order valence-corrected chi connectivity index (χ2v) is 7.56. The van der Waals surface area contributed by atoms with Crippen LogP contribution in [0.5, 0.6) is 5.75 Å². The van der Waals surface area contributed by atoms with E-state index < -0.39 is 48.7 Å². The third-order valence-corrected chi connectivity index (χ3v) is 4.85. The summed E-state index contributed by atoms with van der Waals surface area (Å²) in [7, 11) is -9.16. The average molecular weight is 347 g/mol. The zero-order chi connectivity index (χ0) is 16.7. The van der Waals surface area contributed by atoms with Gasteiger partial charge in [0.2, 0.25) is 0 Å². The molecule has 2 aromatic carbocycles. The number of benzene rings is 2. The summed E-state index contributed by atoms with van der Waals surface area (Å²) < 4.78 is 63.1. The van der Waals surface area contributed by atoms with E-state index >= 15 is 0 Å². The van der Waals surface area contributed by atoms with Crippen LogP contribution in [-0.4, -0.2) is 36.8 Å². The van der Waals surface area contributed by atoms with Crippen LogP contribution in [0.15, 0.2) is 29.2 Å². The SMILES string of the molecule is Nc1c(S(=O)(=O)O)c(CCS(=O)(=O)O)c2ccccc2c1O. The molecule has 0 atom stereocenters. The molecule has 0 unspecified atom stereocenters. The molecule has 0 bridgehead atoms. The van der Waals surface area contributed by atoms with Gasteiger partial charge in [0.25, 0.3) is 20.2 Å². The zero-order valence-corrected chi connectivity index (χ0v) is 12.7. The van der Waals surface area contributed by atoms with Crippen molar-refractivity contribution in [3.63, 3.8) is 0 Å². The van der Waals surface area contributed by atoms with Crippen molar-refractivity contribution < 1.29 is 31.0 Å². The first-order valence-corrected chi connectivity index (χ1v) is 9.02. The maximum absolute atomic E-state index is 11.5. The maximum atomic E-state index is 11.5. The Morgan fingerprint density at radius 3 is 2.05 bits per heavy atom. The highest BCUT2D eigenvalue weighted by Gasteiger charge is 2.26. The minimum atomic E-state index is -4.81. The Bertz CT molecular complexity index is 949. The zero-order valence-electron chi connectivity index (χ0n) is 11.1. The van der Waals surface area contributed by atoms with E-state index in [2.05, 4.69) is 0 Å². The molecule has 0 amide bonds. The number of nitrogens with two attached hydrogens (primary N) is 1. The molecule has 0 saturated heterocycles. The summed E-state index contributed by atoms with van der Waals surface area (Å²) in [4.78, 5) is -0.757. The molecule has 0 aliphatic carbocycles. The maximum Gasteiger partial charge on any atom is 0.297 e. The Balaban J connectivity index is 2.88. The lowest BCUT2D eigenvalue weighted by atomic mass is 10.0. The Labute approximate surface area is 126 Å². The third-order valence-electron chi connectivity index (χ3n) is 3.15. The Morgan fingerprint density at radius 1 is 1.00 bits per heavy atom. The number of phenolic OH excluding ortho intramolecular Hbond substituents is 1. The van der Waals surface area contributed by atoms with E-state index in [1.807, 2.05) is 0 Å². The Kier molecular flexibility index (Phi) is 4.04. The summed E-state index contributed by atoms with van der Waals surface area (Å²) in [5, 5.41) is 10.4. The first kappa shape index (κ1) is 16.5. The Hall–Kier alpha value is -1.88. The molecular weight excluding hydrogens is 334 g/mol. The minimum Gasteiger partial charge on any atom is -0.505 e. The number of fused-ring (bicyclic) bond motifs is 1. The Morgan fingerprint density at radius 2 is 1.55 bits per heavy atom. The van der Waals surface area contributed by atoms with E-state index in [1.165, 1.54) is 12.1 Å². The standard InChI is InChI=1S/C12H13NO7S2/c13-10-11(14)8-4-2-1-3-7(8)9(5-6-21(15,16)17)12(10)22(18,19)20/h1-4,14H,5-6,13H2,(H,15,16,17)(H,18,19,20). The van der Waals surface area contributed by atoms with Crippen molar-refractivity contribution in [3.8, 4) is 5.75 Å². The molecular formula is C12H13NO7S2. The van der Waals surface area contributed by atoms with Crippen molar-refractivity contribution >= 4 is 36.7 Å². The molecule has 8 nitrogen and oxygen atoms in total. The van der Waals surface area contributed by atoms with Crippen LogP contribution in [0.25, 0.3) is 10.8 Å². The van der Waals surface area contributed by atoms with Gasteiger partial charge >= 0.3 is 0 Å². The molecule has 5 N–H and O–H groups in total. The van der Waals surface area contributed by atoms with Crippen molar-refractivity contribution in [2.75, 3.05) is 11.5 Å². The molecule has 0 aliphatic heterocycles. The summed E-state index contributed by atoms with van der Waals surface area (Å²) in [6.45, 7) is 0. The van der Waals surface area contributed by atoms with Crippen molar-refractivity contribution in [2.45, 2.75) is 11.3 Å². The predicted molar refractivity (Wildman–Crippen MR) is 80.0 cm³/mol. The van der Waals surface area contributed by atoms with Gasteiger partial charge in [0.05, 0.1) is 11.4 Å². The molecule has 2 rings (SSSR count). The summed E-state index contributed by atoms with van der Waals surface area (Å²) in [5.41, 5.74) is 4.90. The molecule has 0 aliphatic rings. The second kappa shape index (κ2) is 5.39. The average Bonchev–Trinajstić information content (AvgIpc) is 2.38. The van der Waals surface area contributed by atoms with Crippen LogP contribution in [0.3, 0.4) is 0 Å². The van der Waals surface area contributed by atoms with Crippen molar-refractivity contribution in [3.05, 3.63) is 29.8 Å². The van der Waals surface area contributed by atoms with E-state index in [0.717, 1.165) is 0 Å². The highest BCUT2D eigenvalue weighted by Crippen LogP contribution is 2.40. The van der Waals surface area contributed by atoms with Crippen LogP contribution in [0.1, 0.15) is 5.56 Å². The van der Waals surface area contributed by atoms with Gasteiger partial charge in [0, 0.05) is 5.39 Å². The van der Waals surface area contributed by atoms with E-state index in [9.17, 15) is 26.5 Å². The smallest absolute Gasteiger partial charge is 0.297 e. The van der Waals surface area contributed by atoms with Gasteiger partial charge in [0.1, 0.15) is 10.6 Å². The highest BCUT2D eigenvalue weighted by molar-refractivity contribution is 7.86. The van der Waals surface area contributed by atoms with E-state index in [-0.39, 0.29) is 16.3 Å². The predicted octanol–water partition coefficient (Wildman–Crippen LogP) is 0.805. The molecule has 0 radical (unpaired) electrons. The highest BCUT2D eigenvalue weighted by atomic mass is 32.2. The van der Waals surface area contributed by atoms with Crippen molar-refractivity contribution in [1.82, 2.24) is 0 Å². The summed E-state index contributed by atoms with van der Waals surface area (Å²) in [5.74, 6) is -1.29. The number of hydrogen-bond acceptors (Lipinski definition) is 6. The summed E-state index contributed by atoms with van der Waals surface area (Å²) in [6.07, 6.45) is -0.404. The van der Waals surface area contributed by atoms with Crippen molar-refractivity contribution in [1.29, 1.82) is 0 Å². The van der Waals surface area contributed by atoms with Crippen molar-refractivity contribution in [2.24, 2.45) is 0 Å². The largest absolute Gasteiger partial charge is 0.505 e. The fourth-order valence-corrected chi connectivity index (χ4v) is 3.62. The molecule has 0 heterocycles. The summed E-state index contributed by atoms with van der Waals surface area (Å²) >= 11 is 0. The van der Waals surface area contributed by atoms with Crippen LogP contribution >= 0.6 is 0 Å². The van der Waals surface area contributed by atoms with Gasteiger partial charge in [-0.05, 0) is 17.4 Å². The fraction of sp³-hybridized carbons (Fsp3) is 0.167. The number of nitrogen functional groups attached to an aromatic ring is 1. The van der Waals surface area contributed by atoms with Gasteiger partial charge in [0.15, 0.2) is 0 Å². The monoisotopic (exact) mass is 347 g/mol. The number of aryl methyl sites for hydroxylation is 1. The van der Waals surface area contributed by atoms with Gasteiger partial charge in [-0.2, -0.15) is 16.8 Å². The van der Waals surface area contributed by atoms with Gasteiger partial charge in [-0.15, -0.1) is 0 Å². The number of aromatic hydroxyl groups is 1. The van der Waals surface area contributed by atoms with Crippen LogP contribution in [0, 0.1) is 0 Å². The minimum absolute atomic E-state index is 0.0916. The normalized spacial score (nSPS) is 12.6. The molecule has 10 heteroatoms. The second-order valence-electron chi connectivity index (χ2n) is 4.63. The lowest BCUT2D eigenvalue weighted by Crippen LogP contribution is -2.13. The van der Waals surface area contributed by atoms with Gasteiger partial charge in [-0.3, -0.25) is 9.11 Å². The van der Waals surface area contributed by atoms with Gasteiger partial charge in [-0.25, -0.2) is 0 Å². The molecule has 0 spiro atoms. The first-order chi connectivity index (χ1) is 10.0. The number of rotatable bonds is 4. The van der Waals surface area contributed by atoms with Crippen LogP contribution in [0.4, 0.5) is 5.69 Å². The lowest BCUT2D eigenvalue weighted by molar-refractivity contribution is 0.471. The van der Waals surface area contributed by atoms with Gasteiger partial charge in [-0.1, -0.05) is 24.3 Å². The van der Waals surface area contributed by atoms with E-state index in [4.69, 9.17) is 10.3 Å². The van der Waals surface area contributed by atoms with Crippen LogP contribution in [0.2, 0.25) is 0 Å². The third kappa shape index (κ3) is 3.14. The molecule has 0 fully saturated rings. The fourth-order valence-electron chi connectivity index (χ4n) is 2.26. The quantitative estimate of drug-likeness (QED) is 0.359. The van der Waals surface area contributed by atoms with E-state index in [0.29, 0.717) is 0 Å². The number of anilines is 1. The summed E-state index contributed by atoms with van der Waals surface area (Å²) in [6, 6.07) is 6.03. The van der Waals surface area contributed by atoms with Crippen LogP contribution < -0.4 is 5.73 Å². The molecule has 22 heavy (non-hydrogen) atoms. The lowest BCUT2D eigenvalue weighted by Gasteiger charge is -2.15. The number of phenols is 1.